The van der Waals surface area contributed by atoms with Crippen LogP contribution in [-0.4, -0.2) is 92.7 Å². The summed E-state index contributed by atoms with van der Waals surface area (Å²) in [6.07, 6.45) is 8.04. The number of hydrogen-bond acceptors (Lipinski definition) is 6. The van der Waals surface area contributed by atoms with Gasteiger partial charge in [-0.2, -0.15) is 5.10 Å². The third kappa shape index (κ3) is 5.26. The normalized spacial score (nSPS) is 17.0. The van der Waals surface area contributed by atoms with Crippen LogP contribution in [0.4, 0.5) is 0 Å². The van der Waals surface area contributed by atoms with Crippen molar-refractivity contribution < 1.29 is 4.79 Å². The number of piperazine rings is 1. The average Bonchev–Trinajstić information content (AvgIpc) is 3.63. The van der Waals surface area contributed by atoms with Crippen LogP contribution in [-0.2, 0) is 6.54 Å². The summed E-state index contributed by atoms with van der Waals surface area (Å²) in [5, 5.41) is 5.43. The summed E-state index contributed by atoms with van der Waals surface area (Å²) in [6, 6.07) is 15.9. The molecular formula is C29H33N7O. The maximum atomic E-state index is 13.9. The molecule has 6 rings (SSSR count). The average molecular weight is 496 g/mol. The molecule has 0 radical (unpaired) electrons. The summed E-state index contributed by atoms with van der Waals surface area (Å²) in [6.45, 7) is 8.55. The Kier molecular flexibility index (Phi) is 6.92. The van der Waals surface area contributed by atoms with E-state index in [1.807, 2.05) is 64.3 Å². The number of likely N-dealkylation sites (tertiary alicyclic amines) is 1. The molecule has 8 nitrogen and oxygen atoms in total. The molecular weight excluding hydrogens is 462 g/mol. The summed E-state index contributed by atoms with van der Waals surface area (Å²) in [5.41, 5.74) is 4.20. The molecule has 2 aliphatic heterocycles. The minimum absolute atomic E-state index is 0.0599. The van der Waals surface area contributed by atoms with Gasteiger partial charge in [0.2, 0.25) is 0 Å². The molecule has 2 saturated heterocycles. The smallest absolute Gasteiger partial charge is 0.254 e. The molecule has 1 amide bonds. The van der Waals surface area contributed by atoms with Gasteiger partial charge in [-0.1, -0.05) is 36.4 Å². The lowest BCUT2D eigenvalue weighted by Gasteiger charge is -2.35. The fourth-order valence-electron chi connectivity index (χ4n) is 5.40. The zero-order valence-corrected chi connectivity index (χ0v) is 21.2. The molecule has 5 heterocycles. The topological polar surface area (TPSA) is 70.4 Å². The highest BCUT2D eigenvalue weighted by Gasteiger charge is 2.26. The number of nitrogens with zero attached hydrogens (tertiary/aromatic N) is 7. The molecule has 0 atom stereocenters. The molecule has 4 aromatic rings. The fraction of sp³-hybridized carbons (Fsp3) is 0.379. The molecule has 190 valence electrons. The summed E-state index contributed by atoms with van der Waals surface area (Å²) < 4.78 is 1.87. The van der Waals surface area contributed by atoms with Crippen LogP contribution in [0, 0.1) is 0 Å². The number of rotatable bonds is 7. The quantitative estimate of drug-likeness (QED) is 0.392. The number of amides is 1. The lowest BCUT2D eigenvalue weighted by atomic mass is 10.1. The lowest BCUT2D eigenvalue weighted by Crippen LogP contribution is -2.50. The number of carbonyl (C=O) groups is 1. The van der Waals surface area contributed by atoms with E-state index in [-0.39, 0.29) is 5.91 Å². The van der Waals surface area contributed by atoms with Crippen LogP contribution in [0.5, 0.6) is 0 Å². The largest absolute Gasteiger partial charge is 0.336 e. The first-order valence-electron chi connectivity index (χ1n) is 13.3. The summed E-state index contributed by atoms with van der Waals surface area (Å²) in [5.74, 6) is 0.0599. The molecule has 2 fully saturated rings. The zero-order valence-electron chi connectivity index (χ0n) is 21.2. The van der Waals surface area contributed by atoms with Crippen LogP contribution in [0.3, 0.4) is 0 Å². The first-order chi connectivity index (χ1) is 18.2. The number of aromatic nitrogens is 4. The van der Waals surface area contributed by atoms with E-state index in [1.165, 1.54) is 25.9 Å². The molecule has 3 aromatic heterocycles. The van der Waals surface area contributed by atoms with Gasteiger partial charge in [0.05, 0.1) is 29.4 Å². The van der Waals surface area contributed by atoms with Crippen molar-refractivity contribution in [3.8, 4) is 11.3 Å². The van der Waals surface area contributed by atoms with Crippen LogP contribution >= 0.6 is 0 Å². The van der Waals surface area contributed by atoms with Crippen LogP contribution in [0.2, 0.25) is 0 Å². The third-order valence-electron chi connectivity index (χ3n) is 7.55. The SMILES string of the molecule is O=C(c1cc(-c2ccccc2)nc2c1cnn2Cc1cccnc1)N1CCN(CCN2CCCC2)CC1. The van der Waals surface area contributed by atoms with E-state index in [2.05, 4.69) is 19.9 Å². The van der Waals surface area contributed by atoms with Crippen molar-refractivity contribution in [2.75, 3.05) is 52.4 Å². The van der Waals surface area contributed by atoms with Crippen molar-refractivity contribution in [1.82, 2.24) is 34.4 Å². The number of pyridine rings is 2. The van der Waals surface area contributed by atoms with Crippen LogP contribution in [0.1, 0.15) is 28.8 Å². The van der Waals surface area contributed by atoms with Gasteiger partial charge in [0.25, 0.3) is 5.91 Å². The van der Waals surface area contributed by atoms with Crippen molar-refractivity contribution in [3.63, 3.8) is 0 Å². The van der Waals surface area contributed by atoms with Gasteiger partial charge in [0, 0.05) is 57.2 Å². The maximum absolute atomic E-state index is 13.9. The Morgan fingerprint density at radius 2 is 1.59 bits per heavy atom. The second kappa shape index (κ2) is 10.8. The van der Waals surface area contributed by atoms with Gasteiger partial charge in [0.15, 0.2) is 5.65 Å². The molecule has 0 spiro atoms. The van der Waals surface area contributed by atoms with Crippen molar-refractivity contribution in [1.29, 1.82) is 0 Å². The Balaban J connectivity index is 1.25. The minimum Gasteiger partial charge on any atom is -0.336 e. The van der Waals surface area contributed by atoms with Gasteiger partial charge in [-0.25, -0.2) is 9.67 Å². The van der Waals surface area contributed by atoms with E-state index in [1.54, 1.807) is 12.4 Å². The van der Waals surface area contributed by atoms with E-state index in [9.17, 15) is 4.79 Å². The van der Waals surface area contributed by atoms with E-state index >= 15 is 0 Å². The summed E-state index contributed by atoms with van der Waals surface area (Å²) >= 11 is 0. The van der Waals surface area contributed by atoms with Gasteiger partial charge >= 0.3 is 0 Å². The Labute approximate surface area is 217 Å². The number of benzene rings is 1. The highest BCUT2D eigenvalue weighted by Crippen LogP contribution is 2.26. The second-order valence-electron chi connectivity index (χ2n) is 10.0. The van der Waals surface area contributed by atoms with Crippen molar-refractivity contribution >= 4 is 16.9 Å². The number of hydrogen-bond donors (Lipinski definition) is 0. The Morgan fingerprint density at radius 3 is 2.32 bits per heavy atom. The highest BCUT2D eigenvalue weighted by molar-refractivity contribution is 6.06. The van der Waals surface area contributed by atoms with Crippen molar-refractivity contribution in [3.05, 3.63) is 78.2 Å². The first kappa shape index (κ1) is 23.8. The predicted molar refractivity (Wildman–Crippen MR) is 144 cm³/mol. The predicted octanol–water partition coefficient (Wildman–Crippen LogP) is 3.40. The first-order valence-corrected chi connectivity index (χ1v) is 13.3. The molecule has 0 N–H and O–H groups in total. The van der Waals surface area contributed by atoms with Crippen LogP contribution in [0.25, 0.3) is 22.3 Å². The molecule has 37 heavy (non-hydrogen) atoms. The lowest BCUT2D eigenvalue weighted by molar-refractivity contribution is 0.0628. The standard InChI is InChI=1S/C29H33N7O/c37-29(35-17-15-34(16-18-35)14-13-33-11-4-5-12-33)25-19-27(24-8-2-1-3-9-24)32-28-26(25)21-31-36(28)22-23-7-6-10-30-20-23/h1-3,6-10,19-21H,4-5,11-18,22H2. The molecule has 2 aliphatic rings. The van der Waals surface area contributed by atoms with Gasteiger partial charge in [-0.15, -0.1) is 0 Å². The number of carbonyl (C=O) groups excluding carboxylic acids is 1. The molecule has 1 aromatic carbocycles. The Hall–Kier alpha value is -3.62. The molecule has 8 heteroatoms. The van der Waals surface area contributed by atoms with Gasteiger partial charge in [0.1, 0.15) is 0 Å². The van der Waals surface area contributed by atoms with E-state index < -0.39 is 0 Å². The molecule has 0 bridgehead atoms. The molecule has 0 saturated carbocycles. The summed E-state index contributed by atoms with van der Waals surface area (Å²) in [7, 11) is 0. The maximum Gasteiger partial charge on any atom is 0.254 e. The van der Waals surface area contributed by atoms with Gasteiger partial charge in [-0.3, -0.25) is 14.7 Å². The van der Waals surface area contributed by atoms with Crippen LogP contribution in [0.15, 0.2) is 67.1 Å². The van der Waals surface area contributed by atoms with E-state index in [0.29, 0.717) is 12.1 Å². The molecule has 0 unspecified atom stereocenters. The molecule has 0 aliphatic carbocycles. The van der Waals surface area contributed by atoms with Crippen molar-refractivity contribution in [2.24, 2.45) is 0 Å². The van der Waals surface area contributed by atoms with Gasteiger partial charge < -0.3 is 9.80 Å². The summed E-state index contributed by atoms with van der Waals surface area (Å²) in [4.78, 5) is 30.1. The Morgan fingerprint density at radius 1 is 0.838 bits per heavy atom. The van der Waals surface area contributed by atoms with Crippen molar-refractivity contribution in [2.45, 2.75) is 19.4 Å². The second-order valence-corrected chi connectivity index (χ2v) is 10.0. The Bertz CT molecular complexity index is 1340. The van der Waals surface area contributed by atoms with Crippen LogP contribution < -0.4 is 0 Å². The monoisotopic (exact) mass is 495 g/mol. The number of fused-ring (bicyclic) bond motifs is 1. The minimum atomic E-state index is 0.0599. The third-order valence-corrected chi connectivity index (χ3v) is 7.55. The zero-order chi connectivity index (χ0) is 25.0. The van der Waals surface area contributed by atoms with E-state index in [4.69, 9.17) is 4.98 Å². The van der Waals surface area contributed by atoms with E-state index in [0.717, 1.165) is 67.1 Å². The fourth-order valence-corrected chi connectivity index (χ4v) is 5.40. The van der Waals surface area contributed by atoms with Gasteiger partial charge in [-0.05, 0) is 43.6 Å². The highest BCUT2D eigenvalue weighted by atomic mass is 16.2.